The second kappa shape index (κ2) is 9.14. The molecular formula is C20H21F6N5O2. The van der Waals surface area contributed by atoms with Crippen molar-refractivity contribution in [1.82, 2.24) is 14.9 Å². The predicted molar refractivity (Wildman–Crippen MR) is 106 cm³/mol. The van der Waals surface area contributed by atoms with E-state index in [0.29, 0.717) is 6.07 Å². The average molecular weight is 477 g/mol. The number of carbonyl (C=O) groups excluding carboxylic acids is 1. The number of H-pyrrole nitrogens is 1. The van der Waals surface area contributed by atoms with E-state index in [1.807, 2.05) is 4.98 Å². The maximum Gasteiger partial charge on any atom is 0.289 e. The van der Waals surface area contributed by atoms with Gasteiger partial charge in [-0.1, -0.05) is 0 Å². The molecule has 1 saturated heterocycles. The van der Waals surface area contributed by atoms with E-state index in [1.54, 1.807) is 0 Å². The number of aromatic amines is 1. The molecule has 4 N–H and O–H groups in total. The Balaban J connectivity index is 1.83. The molecule has 1 fully saturated rings. The Morgan fingerprint density at radius 3 is 2.70 bits per heavy atom. The number of aromatic nitrogens is 2. The third-order valence-electron chi connectivity index (χ3n) is 5.62. The molecule has 0 spiro atoms. The van der Waals surface area contributed by atoms with Gasteiger partial charge in [0.05, 0.1) is 23.7 Å². The molecule has 3 heterocycles. The van der Waals surface area contributed by atoms with Crippen molar-refractivity contribution < 1.29 is 31.1 Å². The van der Waals surface area contributed by atoms with Gasteiger partial charge in [0.25, 0.3) is 23.7 Å². The number of nitrogens with zero attached hydrogens (tertiary/aromatic N) is 2. The summed E-state index contributed by atoms with van der Waals surface area (Å²) in [6.45, 7) is 0.884. The summed E-state index contributed by atoms with van der Waals surface area (Å²) < 4.78 is 82.6. The smallest absolute Gasteiger partial charge is 0.289 e. The number of hydrogen-bond acceptors (Lipinski definition) is 5. The largest absolute Gasteiger partial charge is 0.328 e. The molecule has 0 aliphatic carbocycles. The monoisotopic (exact) mass is 477 g/mol. The van der Waals surface area contributed by atoms with E-state index in [2.05, 4.69) is 10.3 Å². The van der Waals surface area contributed by atoms with Crippen molar-refractivity contribution in [3.63, 3.8) is 0 Å². The predicted octanol–water partition coefficient (Wildman–Crippen LogP) is 2.71. The van der Waals surface area contributed by atoms with E-state index in [4.69, 9.17) is 5.73 Å². The summed E-state index contributed by atoms with van der Waals surface area (Å²) in [7, 11) is 0. The Bertz CT molecular complexity index is 1060. The fourth-order valence-electron chi connectivity index (χ4n) is 3.58. The van der Waals surface area contributed by atoms with Crippen LogP contribution in [0.2, 0.25) is 0 Å². The van der Waals surface area contributed by atoms with E-state index >= 15 is 0 Å². The summed E-state index contributed by atoms with van der Waals surface area (Å²) in [6.07, 6.45) is -2.66. The first kappa shape index (κ1) is 24.7. The summed E-state index contributed by atoms with van der Waals surface area (Å²) in [5.41, 5.74) is 2.19. The highest BCUT2D eigenvalue weighted by Gasteiger charge is 2.48. The molecule has 2 aromatic rings. The minimum absolute atomic E-state index is 0.0617. The number of hydrogen-bond donors (Lipinski definition) is 3. The van der Waals surface area contributed by atoms with E-state index < -0.39 is 65.9 Å². The van der Waals surface area contributed by atoms with Crippen molar-refractivity contribution in [3.05, 3.63) is 57.9 Å². The fourth-order valence-corrected chi connectivity index (χ4v) is 3.58. The van der Waals surface area contributed by atoms with Gasteiger partial charge in [-0.15, -0.1) is 0 Å². The number of likely N-dealkylation sites (tertiary alicyclic amines) is 1. The average Bonchev–Trinajstić information content (AvgIpc) is 2.75. The molecule has 2 unspecified atom stereocenters. The lowest BCUT2D eigenvalue weighted by molar-refractivity contribution is -0.125. The molecule has 3 atom stereocenters. The van der Waals surface area contributed by atoms with Gasteiger partial charge in [-0.25, -0.2) is 31.3 Å². The summed E-state index contributed by atoms with van der Waals surface area (Å²) >= 11 is 0. The normalized spacial score (nSPS) is 21.4. The molecule has 1 aliphatic heterocycles. The fraction of sp³-hybridized carbons (Fsp3) is 0.450. The number of piperidine rings is 1. The minimum atomic E-state index is -3.83. The van der Waals surface area contributed by atoms with Gasteiger partial charge < -0.3 is 10.3 Å². The standard InChI is InChI=1S/C20H21F6N5O2/c1-10(16(32)30-15-3-2-12(21)8-28-15)31-5-4-19(24,25)14(9-31)11-6-13(17(33)29-7-11)20(26,27)18(22)23/h2-3,6-8,10,14,18H,4-5,9,27H2,1H3,(H,29,33)(H,28,30,32)/t10-,14?,20?/m0/s1. The first-order valence-corrected chi connectivity index (χ1v) is 9.86. The number of anilines is 1. The van der Waals surface area contributed by atoms with Crippen molar-refractivity contribution in [1.29, 1.82) is 0 Å². The molecule has 33 heavy (non-hydrogen) atoms. The first-order chi connectivity index (χ1) is 15.3. The van der Waals surface area contributed by atoms with Crippen LogP contribution in [0.5, 0.6) is 0 Å². The van der Waals surface area contributed by atoms with Gasteiger partial charge in [-0.3, -0.25) is 20.2 Å². The molecule has 0 bridgehead atoms. The summed E-state index contributed by atoms with van der Waals surface area (Å²) in [6, 6.07) is 2.00. The number of alkyl halides is 5. The number of nitrogens with one attached hydrogen (secondary N) is 2. The molecule has 0 radical (unpaired) electrons. The topological polar surface area (TPSA) is 104 Å². The lowest BCUT2D eigenvalue weighted by atomic mass is 9.86. The summed E-state index contributed by atoms with van der Waals surface area (Å²) in [5, 5.41) is 2.45. The van der Waals surface area contributed by atoms with Crippen LogP contribution in [0.25, 0.3) is 0 Å². The Kier molecular flexibility index (Phi) is 6.84. The number of rotatable bonds is 6. The van der Waals surface area contributed by atoms with Crippen molar-refractivity contribution in [2.45, 2.75) is 43.4 Å². The molecule has 180 valence electrons. The van der Waals surface area contributed by atoms with Crippen LogP contribution in [0.15, 0.2) is 35.4 Å². The van der Waals surface area contributed by atoms with E-state index in [0.717, 1.165) is 18.5 Å². The zero-order valence-corrected chi connectivity index (χ0v) is 17.3. The van der Waals surface area contributed by atoms with Gasteiger partial charge in [-0.05, 0) is 30.7 Å². The second-order valence-corrected chi connectivity index (χ2v) is 7.83. The van der Waals surface area contributed by atoms with Gasteiger partial charge in [0, 0.05) is 25.7 Å². The van der Waals surface area contributed by atoms with Crippen molar-refractivity contribution in [3.8, 4) is 0 Å². The molecule has 13 heteroatoms. The maximum absolute atomic E-state index is 14.7. The van der Waals surface area contributed by atoms with Crippen molar-refractivity contribution >= 4 is 11.7 Å². The summed E-state index contributed by atoms with van der Waals surface area (Å²) in [5.74, 6) is -9.95. The third-order valence-corrected chi connectivity index (χ3v) is 5.62. The molecule has 1 aliphatic rings. The van der Waals surface area contributed by atoms with Crippen molar-refractivity contribution in [2.75, 3.05) is 18.4 Å². The molecule has 2 aromatic heterocycles. The second-order valence-electron chi connectivity index (χ2n) is 7.83. The minimum Gasteiger partial charge on any atom is -0.328 e. The summed E-state index contributed by atoms with van der Waals surface area (Å²) in [4.78, 5) is 31.5. The molecule has 3 rings (SSSR count). The van der Waals surface area contributed by atoms with Crippen LogP contribution in [0.3, 0.4) is 0 Å². The molecule has 0 aromatic carbocycles. The van der Waals surface area contributed by atoms with Crippen LogP contribution in [0.1, 0.15) is 30.4 Å². The molecule has 7 nitrogen and oxygen atoms in total. The lowest BCUT2D eigenvalue weighted by Crippen LogP contribution is -2.52. The van der Waals surface area contributed by atoms with Crippen LogP contribution >= 0.6 is 0 Å². The van der Waals surface area contributed by atoms with Crippen LogP contribution in [-0.2, 0) is 10.6 Å². The third kappa shape index (κ3) is 5.19. The zero-order valence-electron chi connectivity index (χ0n) is 17.3. The SMILES string of the molecule is C[C@@H](C(=O)Nc1ccc(F)cn1)N1CCC(F)(F)C(c2c[nH]c(=O)c(C(N)(F)C(F)F)c2)C1. The van der Waals surface area contributed by atoms with Gasteiger partial charge in [-0.2, -0.15) is 0 Å². The maximum atomic E-state index is 14.7. The number of pyridine rings is 2. The van der Waals surface area contributed by atoms with E-state index in [9.17, 15) is 35.9 Å². The van der Waals surface area contributed by atoms with Crippen LogP contribution < -0.4 is 16.6 Å². The quantitative estimate of drug-likeness (QED) is 0.439. The van der Waals surface area contributed by atoms with E-state index in [-0.39, 0.29) is 17.9 Å². The van der Waals surface area contributed by atoms with E-state index in [1.165, 1.54) is 17.9 Å². The zero-order chi connectivity index (χ0) is 24.6. The Morgan fingerprint density at radius 1 is 1.39 bits per heavy atom. The van der Waals surface area contributed by atoms with Gasteiger partial charge in [0.1, 0.15) is 11.6 Å². The highest BCUT2D eigenvalue weighted by atomic mass is 19.3. The number of amides is 1. The Morgan fingerprint density at radius 2 is 2.09 bits per heavy atom. The van der Waals surface area contributed by atoms with Crippen LogP contribution in [-0.4, -0.2) is 52.3 Å². The van der Waals surface area contributed by atoms with Gasteiger partial charge in [0.2, 0.25) is 5.91 Å². The number of carbonyl (C=O) groups is 1. The number of nitrogens with two attached hydrogens (primary N) is 1. The van der Waals surface area contributed by atoms with Gasteiger partial charge >= 0.3 is 0 Å². The Hall–Kier alpha value is -2.93. The highest BCUT2D eigenvalue weighted by Crippen LogP contribution is 2.41. The van der Waals surface area contributed by atoms with Crippen LogP contribution in [0, 0.1) is 5.82 Å². The first-order valence-electron chi connectivity index (χ1n) is 9.86. The number of halogens is 6. The molecule has 1 amide bonds. The van der Waals surface area contributed by atoms with Crippen LogP contribution in [0.4, 0.5) is 32.2 Å². The van der Waals surface area contributed by atoms with Gasteiger partial charge in [0.15, 0.2) is 0 Å². The molecule has 0 saturated carbocycles. The molecular weight excluding hydrogens is 456 g/mol. The highest BCUT2D eigenvalue weighted by molar-refractivity contribution is 5.93. The Labute approximate surface area is 184 Å². The van der Waals surface area contributed by atoms with Crippen molar-refractivity contribution in [2.24, 2.45) is 5.73 Å². The lowest BCUT2D eigenvalue weighted by Gasteiger charge is -2.40.